The molecule has 0 radical (unpaired) electrons. The van der Waals surface area contributed by atoms with E-state index in [2.05, 4.69) is 0 Å². The molecule has 23 heavy (non-hydrogen) atoms. The van der Waals surface area contributed by atoms with Crippen molar-refractivity contribution in [1.82, 2.24) is 0 Å². The lowest BCUT2D eigenvalue weighted by Crippen LogP contribution is -2.23. The molecule has 2 aromatic carbocycles. The summed E-state index contributed by atoms with van der Waals surface area (Å²) in [6, 6.07) is 13.1. The number of hydrogen-bond acceptors (Lipinski definition) is 3. The molecule has 112 valence electrons. The molecule has 1 aromatic heterocycles. The number of thiophene rings is 1. The van der Waals surface area contributed by atoms with Gasteiger partial charge in [-0.3, -0.25) is 9.59 Å². The number of carbonyl (C=O) groups excluding carboxylic acids is 2. The first-order chi connectivity index (χ1) is 11.1. The van der Waals surface area contributed by atoms with Gasteiger partial charge in [0.05, 0.1) is 0 Å². The second-order valence-electron chi connectivity index (χ2n) is 5.80. The Balaban J connectivity index is 2.11. The lowest BCUT2D eigenvalue weighted by atomic mass is 9.78. The van der Waals surface area contributed by atoms with Gasteiger partial charge in [0.1, 0.15) is 0 Å². The van der Waals surface area contributed by atoms with Crippen molar-refractivity contribution in [3.63, 3.8) is 0 Å². The molecule has 1 aliphatic carbocycles. The minimum atomic E-state index is -0.0540. The van der Waals surface area contributed by atoms with Crippen LogP contribution in [0.25, 0.3) is 10.4 Å². The van der Waals surface area contributed by atoms with E-state index in [-0.39, 0.29) is 11.6 Å². The number of carbonyl (C=O) groups is 2. The Kier molecular flexibility index (Phi) is 3.06. The van der Waals surface area contributed by atoms with E-state index in [0.717, 1.165) is 21.6 Å². The van der Waals surface area contributed by atoms with Gasteiger partial charge >= 0.3 is 0 Å². The Morgan fingerprint density at radius 2 is 1.43 bits per heavy atom. The fraction of sp³-hybridized carbons (Fsp3) is 0.100. The van der Waals surface area contributed by atoms with Gasteiger partial charge in [0.2, 0.25) is 0 Å². The van der Waals surface area contributed by atoms with Gasteiger partial charge in [-0.1, -0.05) is 30.3 Å². The molecule has 1 heterocycles. The van der Waals surface area contributed by atoms with Crippen molar-refractivity contribution >= 4 is 22.9 Å². The largest absolute Gasteiger partial charge is 0.289 e. The summed E-state index contributed by atoms with van der Waals surface area (Å²) in [5.74, 6) is -0.101. The first kappa shape index (κ1) is 14.1. The minimum Gasteiger partial charge on any atom is -0.289 e. The van der Waals surface area contributed by atoms with E-state index in [9.17, 15) is 9.59 Å². The average Bonchev–Trinajstić information content (AvgIpc) is 3.09. The summed E-state index contributed by atoms with van der Waals surface area (Å²) in [5, 5.41) is 1.99. The van der Waals surface area contributed by atoms with Gasteiger partial charge in [-0.05, 0) is 42.5 Å². The molecule has 0 fully saturated rings. The summed E-state index contributed by atoms with van der Waals surface area (Å²) in [6.07, 6.45) is 0. The second kappa shape index (κ2) is 5.00. The molecule has 0 N–H and O–H groups in total. The lowest BCUT2D eigenvalue weighted by Gasteiger charge is -2.23. The molecule has 4 rings (SSSR count). The number of fused-ring (bicyclic) bond motifs is 2. The Morgan fingerprint density at radius 1 is 0.783 bits per heavy atom. The van der Waals surface area contributed by atoms with E-state index in [1.54, 1.807) is 35.6 Å². The third-order valence-corrected chi connectivity index (χ3v) is 5.41. The minimum absolute atomic E-state index is 0.0470. The standard InChI is InChI=1S/C20H14O2S/c1-11-10-15(16-8-5-9-23-16)18-17(12(11)2)19(21)13-6-3-4-7-14(13)20(18)22/h3-10H,1-2H3. The molecule has 1 aliphatic rings. The maximum absolute atomic E-state index is 13.1. The Bertz CT molecular complexity index is 966. The molecule has 0 amide bonds. The van der Waals surface area contributed by atoms with Crippen LogP contribution in [0, 0.1) is 13.8 Å². The van der Waals surface area contributed by atoms with Gasteiger partial charge in [-0.15, -0.1) is 11.3 Å². The molecule has 2 nitrogen and oxygen atoms in total. The van der Waals surface area contributed by atoms with Crippen molar-refractivity contribution in [1.29, 1.82) is 0 Å². The first-order valence-corrected chi connectivity index (χ1v) is 8.34. The molecule has 3 heteroatoms. The van der Waals surface area contributed by atoms with Crippen LogP contribution in [-0.4, -0.2) is 11.6 Å². The number of rotatable bonds is 1. The van der Waals surface area contributed by atoms with Gasteiger partial charge in [0, 0.05) is 32.7 Å². The Hall–Kier alpha value is -2.52. The van der Waals surface area contributed by atoms with Crippen LogP contribution in [0.1, 0.15) is 43.0 Å². The number of hydrogen-bond donors (Lipinski definition) is 0. The van der Waals surface area contributed by atoms with Crippen molar-refractivity contribution in [2.45, 2.75) is 13.8 Å². The van der Waals surface area contributed by atoms with Crippen LogP contribution in [0.2, 0.25) is 0 Å². The fourth-order valence-corrected chi connectivity index (χ4v) is 3.96. The van der Waals surface area contributed by atoms with E-state index in [1.807, 2.05) is 37.4 Å². The third-order valence-electron chi connectivity index (χ3n) is 4.50. The summed E-state index contributed by atoms with van der Waals surface area (Å²) in [4.78, 5) is 27.1. The highest BCUT2D eigenvalue weighted by atomic mass is 32.1. The van der Waals surface area contributed by atoms with Gasteiger partial charge in [0.15, 0.2) is 11.6 Å². The summed E-state index contributed by atoms with van der Waals surface area (Å²) in [5.41, 5.74) is 4.94. The van der Waals surface area contributed by atoms with Gasteiger partial charge in [-0.25, -0.2) is 0 Å². The molecule has 0 saturated carbocycles. The molecular formula is C20H14O2S. The maximum Gasteiger partial charge on any atom is 0.195 e. The monoisotopic (exact) mass is 318 g/mol. The number of benzene rings is 2. The van der Waals surface area contributed by atoms with Crippen LogP contribution in [-0.2, 0) is 0 Å². The fourth-order valence-electron chi connectivity index (χ4n) is 3.21. The zero-order valence-corrected chi connectivity index (χ0v) is 13.7. The van der Waals surface area contributed by atoms with Gasteiger partial charge in [0.25, 0.3) is 0 Å². The van der Waals surface area contributed by atoms with Crippen molar-refractivity contribution in [2.24, 2.45) is 0 Å². The molecule has 0 unspecified atom stereocenters. The van der Waals surface area contributed by atoms with Gasteiger partial charge < -0.3 is 0 Å². The molecule has 0 aliphatic heterocycles. The molecular weight excluding hydrogens is 304 g/mol. The SMILES string of the molecule is Cc1cc(-c2cccs2)c2c(c1C)C(=O)c1ccccc1C2=O. The summed E-state index contributed by atoms with van der Waals surface area (Å²) < 4.78 is 0. The van der Waals surface area contributed by atoms with Crippen molar-refractivity contribution in [3.05, 3.63) is 81.2 Å². The van der Waals surface area contributed by atoms with Crippen LogP contribution in [0.15, 0.2) is 47.8 Å². The van der Waals surface area contributed by atoms with Crippen LogP contribution < -0.4 is 0 Å². The van der Waals surface area contributed by atoms with Crippen LogP contribution in [0.3, 0.4) is 0 Å². The maximum atomic E-state index is 13.1. The number of aryl methyl sites for hydroxylation is 1. The summed E-state index contributed by atoms with van der Waals surface area (Å²) >= 11 is 1.58. The highest BCUT2D eigenvalue weighted by Crippen LogP contribution is 2.38. The predicted octanol–water partition coefficient (Wildman–Crippen LogP) is 4.81. The van der Waals surface area contributed by atoms with Crippen molar-refractivity contribution < 1.29 is 9.59 Å². The first-order valence-electron chi connectivity index (χ1n) is 7.46. The second-order valence-corrected chi connectivity index (χ2v) is 6.74. The quantitative estimate of drug-likeness (QED) is 0.505. The van der Waals surface area contributed by atoms with E-state index >= 15 is 0 Å². The molecule has 0 atom stereocenters. The van der Waals surface area contributed by atoms with Crippen LogP contribution in [0.5, 0.6) is 0 Å². The summed E-state index contributed by atoms with van der Waals surface area (Å²) in [6.45, 7) is 3.91. The molecule has 0 saturated heterocycles. The Morgan fingerprint density at radius 3 is 2.04 bits per heavy atom. The van der Waals surface area contributed by atoms with Crippen molar-refractivity contribution in [2.75, 3.05) is 0 Å². The van der Waals surface area contributed by atoms with Crippen molar-refractivity contribution in [3.8, 4) is 10.4 Å². The van der Waals surface area contributed by atoms with E-state index in [0.29, 0.717) is 22.3 Å². The zero-order chi connectivity index (χ0) is 16.1. The summed E-state index contributed by atoms with van der Waals surface area (Å²) in [7, 11) is 0. The van der Waals surface area contributed by atoms with E-state index in [1.165, 1.54) is 0 Å². The smallest absolute Gasteiger partial charge is 0.195 e. The molecule has 0 bridgehead atoms. The van der Waals surface area contributed by atoms with Crippen LogP contribution in [0.4, 0.5) is 0 Å². The average molecular weight is 318 g/mol. The number of ketones is 2. The molecule has 3 aromatic rings. The predicted molar refractivity (Wildman–Crippen MR) is 92.5 cm³/mol. The van der Waals surface area contributed by atoms with E-state index < -0.39 is 0 Å². The highest BCUT2D eigenvalue weighted by Gasteiger charge is 2.33. The molecule has 0 spiro atoms. The Labute approximate surface area is 138 Å². The lowest BCUT2D eigenvalue weighted by molar-refractivity contribution is 0.0979. The van der Waals surface area contributed by atoms with Crippen LogP contribution >= 0.6 is 11.3 Å². The third kappa shape index (κ3) is 1.93. The highest BCUT2D eigenvalue weighted by molar-refractivity contribution is 7.13. The normalized spacial score (nSPS) is 13.0. The van der Waals surface area contributed by atoms with E-state index in [4.69, 9.17) is 0 Å². The van der Waals surface area contributed by atoms with Gasteiger partial charge in [-0.2, -0.15) is 0 Å². The topological polar surface area (TPSA) is 34.1 Å². The zero-order valence-electron chi connectivity index (χ0n) is 12.8.